The second-order valence-electron chi connectivity index (χ2n) is 27.8. The van der Waals surface area contributed by atoms with Gasteiger partial charge in [0.15, 0.2) is 6.10 Å². The van der Waals surface area contributed by atoms with Gasteiger partial charge in [-0.2, -0.15) is 0 Å². The maximum atomic E-state index is 13.0. The average molecular weight is 1560 g/mol. The first kappa shape index (κ1) is 104. The van der Waals surface area contributed by atoms with Gasteiger partial charge in [0.2, 0.25) is 0 Å². The highest BCUT2D eigenvalue weighted by molar-refractivity contribution is 7.47. The van der Waals surface area contributed by atoms with E-state index in [2.05, 4.69) is 191 Å². The quantitative estimate of drug-likeness (QED) is 0.0146. The van der Waals surface area contributed by atoms with Gasteiger partial charge in [-0.05, 0) is 148 Å². The van der Waals surface area contributed by atoms with Gasteiger partial charge in [-0.25, -0.2) is 9.13 Å². The third-order valence-electron chi connectivity index (χ3n) is 17.4. The largest absolute Gasteiger partial charge is 0.472 e. The van der Waals surface area contributed by atoms with Crippen LogP contribution in [0.3, 0.4) is 0 Å². The summed E-state index contributed by atoms with van der Waals surface area (Å²) < 4.78 is 61.3. The number of hydrogen-bond acceptors (Lipinski definition) is 14. The third-order valence-corrected chi connectivity index (χ3v) is 19.3. The number of phosphoric acid groups is 2. The second kappa shape index (κ2) is 82.4. The molecule has 18 heteroatoms. The molecule has 0 saturated carbocycles. The zero-order valence-electron chi connectivity index (χ0n) is 68.2. The summed E-state index contributed by atoms with van der Waals surface area (Å²) in [6.07, 6.45) is 105. The summed E-state index contributed by atoms with van der Waals surface area (Å²) in [5.74, 6) is -1.61. The molecule has 0 aliphatic carbocycles. The molecule has 109 heavy (non-hydrogen) atoms. The predicted molar refractivity (Wildman–Crippen MR) is 454 cm³/mol. The Kier molecular flexibility index (Phi) is 78.5. The van der Waals surface area contributed by atoms with Gasteiger partial charge in [-0.3, -0.25) is 32.5 Å². The minimum absolute atomic E-state index is 0.0714. The van der Waals surface area contributed by atoms with Gasteiger partial charge in [-0.15, -0.1) is 0 Å². The lowest BCUT2D eigenvalue weighted by Crippen LogP contribution is -2.30. The number of aliphatic hydroxyl groups excluding tert-OH is 2. The van der Waals surface area contributed by atoms with Crippen molar-refractivity contribution in [3.63, 3.8) is 0 Å². The molecule has 0 aromatic carbocycles. The Morgan fingerprint density at radius 3 is 0.725 bits per heavy atom. The number of unbranched alkanes of at least 4 members (excludes halogenated alkanes) is 28. The highest BCUT2D eigenvalue weighted by Gasteiger charge is 2.29. The molecule has 0 aliphatic heterocycles. The van der Waals surface area contributed by atoms with Crippen molar-refractivity contribution in [3.8, 4) is 0 Å². The SMILES string of the molecule is CC/C=C\C/C=C\C/C=C\C/C=C\C/C=C\CCCCCCCCCCCCCCCC(=O)OCC(O)COP(=O)(O)OCC(O)COP(=O)(O)OCC(COC(=O)CCCCCCCCCCCCC/C=C\C/C=C\C/C=C\C/C=C\C/C=C\CC)OC(=O)CCCCCC/C=C\C/C=C\C/C=C\C/C=C\CC. The number of esters is 3. The van der Waals surface area contributed by atoms with Crippen molar-refractivity contribution in [2.24, 2.45) is 0 Å². The Labute approximate surface area is 662 Å². The van der Waals surface area contributed by atoms with Gasteiger partial charge in [0.05, 0.1) is 26.4 Å². The normalized spacial score (nSPS) is 14.7. The molecule has 0 aromatic heterocycles. The lowest BCUT2D eigenvalue weighted by molar-refractivity contribution is -0.161. The number of phosphoric ester groups is 2. The average Bonchev–Trinajstić information content (AvgIpc) is 0.902. The van der Waals surface area contributed by atoms with Gasteiger partial charge >= 0.3 is 33.6 Å². The van der Waals surface area contributed by atoms with E-state index in [-0.39, 0.29) is 19.3 Å². The van der Waals surface area contributed by atoms with Crippen LogP contribution in [0, 0.1) is 0 Å². The van der Waals surface area contributed by atoms with Crippen molar-refractivity contribution >= 4 is 33.6 Å². The van der Waals surface area contributed by atoms with Crippen LogP contribution in [-0.4, -0.2) is 95.9 Å². The lowest BCUT2D eigenvalue weighted by Gasteiger charge is -2.21. The third kappa shape index (κ3) is 83.7. The molecular formula is C91H152O16P2. The van der Waals surface area contributed by atoms with Crippen molar-refractivity contribution < 1.29 is 75.8 Å². The number of hydrogen-bond donors (Lipinski definition) is 4. The highest BCUT2D eigenvalue weighted by Crippen LogP contribution is 2.45. The minimum Gasteiger partial charge on any atom is -0.463 e. The Morgan fingerprint density at radius 2 is 0.459 bits per heavy atom. The van der Waals surface area contributed by atoms with Crippen molar-refractivity contribution in [1.29, 1.82) is 0 Å². The molecule has 0 rings (SSSR count). The molecule has 5 atom stereocenters. The second-order valence-corrected chi connectivity index (χ2v) is 30.7. The summed E-state index contributed by atoms with van der Waals surface area (Å²) in [7, 11) is -9.81. The molecule has 0 radical (unpaired) electrons. The summed E-state index contributed by atoms with van der Waals surface area (Å²) in [6.45, 7) is 2.32. The van der Waals surface area contributed by atoms with Gasteiger partial charge < -0.3 is 34.2 Å². The molecular weight excluding hydrogens is 1410 g/mol. The summed E-state index contributed by atoms with van der Waals surface area (Å²) in [5, 5.41) is 20.7. The van der Waals surface area contributed by atoms with Gasteiger partial charge in [0, 0.05) is 19.3 Å². The maximum Gasteiger partial charge on any atom is 0.472 e. The van der Waals surface area contributed by atoms with Crippen molar-refractivity contribution in [3.05, 3.63) is 170 Å². The first-order chi connectivity index (χ1) is 53.2. The lowest BCUT2D eigenvalue weighted by atomic mass is 10.0. The smallest absolute Gasteiger partial charge is 0.463 e. The molecule has 16 nitrogen and oxygen atoms in total. The number of rotatable bonds is 79. The van der Waals surface area contributed by atoms with Crippen LogP contribution < -0.4 is 0 Å². The zero-order valence-corrected chi connectivity index (χ0v) is 70.0. The molecule has 5 unspecified atom stereocenters. The van der Waals surface area contributed by atoms with E-state index >= 15 is 0 Å². The monoisotopic (exact) mass is 1560 g/mol. The van der Waals surface area contributed by atoms with Crippen LogP contribution in [0.4, 0.5) is 0 Å². The summed E-state index contributed by atoms with van der Waals surface area (Å²) in [5.41, 5.74) is 0. The fourth-order valence-electron chi connectivity index (χ4n) is 11.1. The van der Waals surface area contributed by atoms with E-state index in [1.807, 2.05) is 0 Å². The standard InChI is InChI=1S/C91H152O16P2/c1-4-7-10-13-16-19-22-25-28-31-33-35-37-39-41-42-44-46-47-49-51-54-56-59-62-65-68-71-74-77-89(94)101-80-86(92)81-103-108(97,98)104-82-87(93)83-105-109(99,100)106-85-88(107-91(96)79-76-73-70-67-64-61-58-53-30-27-24-21-18-15-12-9-6-3)84-102-90(95)78-75-72-69-66-63-60-57-55-52-50-48-45-43-40-38-36-34-32-29-26-23-20-17-14-11-8-5-2/h7-12,16-21,25-30,33-36,39-41,43,58,61,86-88,92-93H,4-6,13-15,22-24,31-32,37-38,42,44-57,59-60,62-85H2,1-3H3,(H,97,98)(H,99,100)/b10-7-,11-8-,12-9-,19-16-,20-17-,21-18-,28-25-,29-26-,30-27-,35-33-,36-34-,41-39-,43-40-,61-58-. The molecule has 0 amide bonds. The van der Waals surface area contributed by atoms with Crippen LogP contribution in [0.25, 0.3) is 0 Å². The maximum absolute atomic E-state index is 13.0. The first-order valence-corrected chi connectivity index (χ1v) is 45.4. The predicted octanol–water partition coefficient (Wildman–Crippen LogP) is 25.5. The molecule has 0 fully saturated rings. The van der Waals surface area contributed by atoms with Crippen molar-refractivity contribution in [2.75, 3.05) is 39.6 Å². The first-order valence-electron chi connectivity index (χ1n) is 42.4. The van der Waals surface area contributed by atoms with Crippen LogP contribution in [0.5, 0.6) is 0 Å². The van der Waals surface area contributed by atoms with Crippen molar-refractivity contribution in [2.45, 2.75) is 347 Å². The molecule has 622 valence electrons. The zero-order chi connectivity index (χ0) is 79.4. The molecule has 4 N–H and O–H groups in total. The minimum atomic E-state index is -4.95. The molecule has 0 spiro atoms. The van der Waals surface area contributed by atoms with E-state index in [0.29, 0.717) is 19.3 Å². The molecule has 0 aliphatic rings. The Morgan fingerprint density at radius 1 is 0.257 bits per heavy atom. The van der Waals surface area contributed by atoms with Crippen LogP contribution in [0.1, 0.15) is 329 Å². The Hall–Kier alpha value is -5.09. The Balaban J connectivity index is 4.58. The summed E-state index contributed by atoms with van der Waals surface area (Å²) >= 11 is 0. The van der Waals surface area contributed by atoms with E-state index in [1.54, 1.807) is 0 Å². The van der Waals surface area contributed by atoms with E-state index < -0.39 is 91.5 Å². The number of ether oxygens (including phenoxy) is 3. The fourth-order valence-corrected chi connectivity index (χ4v) is 12.7. The molecule has 0 bridgehead atoms. The molecule has 0 heterocycles. The molecule has 0 aromatic rings. The topological polar surface area (TPSA) is 231 Å². The number of aliphatic hydroxyl groups is 2. The van der Waals surface area contributed by atoms with E-state index in [9.17, 15) is 43.5 Å². The molecule has 0 saturated heterocycles. The van der Waals surface area contributed by atoms with Crippen molar-refractivity contribution in [1.82, 2.24) is 0 Å². The fraction of sp³-hybridized carbons (Fsp3) is 0.659. The van der Waals surface area contributed by atoms with Gasteiger partial charge in [-0.1, -0.05) is 332 Å². The highest BCUT2D eigenvalue weighted by atomic mass is 31.2. The van der Waals surface area contributed by atoms with Gasteiger partial charge in [0.25, 0.3) is 0 Å². The van der Waals surface area contributed by atoms with E-state index in [0.717, 1.165) is 173 Å². The van der Waals surface area contributed by atoms with Crippen LogP contribution >= 0.6 is 15.6 Å². The van der Waals surface area contributed by atoms with Crippen LogP contribution in [-0.2, 0) is 55.8 Å². The summed E-state index contributed by atoms with van der Waals surface area (Å²) in [4.78, 5) is 58.8. The van der Waals surface area contributed by atoms with Crippen LogP contribution in [0.2, 0.25) is 0 Å². The van der Waals surface area contributed by atoms with E-state index in [4.69, 9.17) is 32.3 Å². The van der Waals surface area contributed by atoms with E-state index in [1.165, 1.54) is 96.3 Å². The number of carbonyl (C=O) groups is 3. The number of carbonyl (C=O) groups excluding carboxylic acids is 3. The van der Waals surface area contributed by atoms with Gasteiger partial charge in [0.1, 0.15) is 25.4 Å². The Bertz CT molecular complexity index is 2660. The summed E-state index contributed by atoms with van der Waals surface area (Å²) in [6, 6.07) is 0. The van der Waals surface area contributed by atoms with Crippen LogP contribution in [0.15, 0.2) is 170 Å². The number of allylic oxidation sites excluding steroid dienone is 28.